The average Bonchev–Trinajstić information content (AvgIpc) is 3.43. The first-order valence-electron chi connectivity index (χ1n) is 9.67. The van der Waals surface area contributed by atoms with Crippen LogP contribution in [0.15, 0.2) is 30.9 Å². The van der Waals surface area contributed by atoms with Gasteiger partial charge in [0, 0.05) is 42.5 Å². The van der Waals surface area contributed by atoms with Crippen LogP contribution in [-0.4, -0.2) is 45.1 Å². The van der Waals surface area contributed by atoms with E-state index in [0.717, 1.165) is 47.2 Å². The Balaban J connectivity index is 1.31. The number of nitrogens with zero attached hydrogens (tertiary/aromatic N) is 4. The summed E-state index contributed by atoms with van der Waals surface area (Å²) in [6.45, 7) is 7.62. The lowest BCUT2D eigenvalue weighted by Gasteiger charge is -2.33. The van der Waals surface area contributed by atoms with Gasteiger partial charge in [-0.3, -0.25) is 9.47 Å². The molecule has 0 aliphatic carbocycles. The number of carbonyl (C=O) groups is 1. The summed E-state index contributed by atoms with van der Waals surface area (Å²) in [6, 6.07) is 3.89. The van der Waals surface area contributed by atoms with Crippen LogP contribution >= 0.6 is 11.3 Å². The van der Waals surface area contributed by atoms with Gasteiger partial charge in [0.15, 0.2) is 5.13 Å². The Morgan fingerprint density at radius 2 is 2.17 bits per heavy atom. The molecule has 8 heteroatoms. The highest BCUT2D eigenvalue weighted by Crippen LogP contribution is 2.32. The number of esters is 1. The fraction of sp³-hybridized carbons (Fsp3) is 0.381. The van der Waals surface area contributed by atoms with Crippen molar-refractivity contribution in [3.05, 3.63) is 63.7 Å². The number of morpholine rings is 1. The van der Waals surface area contributed by atoms with E-state index in [2.05, 4.69) is 21.8 Å². The van der Waals surface area contributed by atoms with Gasteiger partial charge in [-0.05, 0) is 31.0 Å². The Morgan fingerprint density at radius 3 is 3.00 bits per heavy atom. The summed E-state index contributed by atoms with van der Waals surface area (Å²) in [5.74, 6) is -0.227. The van der Waals surface area contributed by atoms with E-state index in [1.165, 1.54) is 4.88 Å². The second-order valence-corrected chi connectivity index (χ2v) is 8.60. The molecule has 1 saturated heterocycles. The molecule has 1 atom stereocenters. The van der Waals surface area contributed by atoms with Crippen molar-refractivity contribution in [1.82, 2.24) is 19.4 Å². The number of cyclic esters (lactones) is 1. The van der Waals surface area contributed by atoms with Crippen LogP contribution in [0.4, 0.5) is 0 Å². The summed E-state index contributed by atoms with van der Waals surface area (Å²) >= 11 is 1.69. The summed E-state index contributed by atoms with van der Waals surface area (Å²) in [5, 5.41) is 0.935. The zero-order chi connectivity index (χ0) is 20.0. The van der Waals surface area contributed by atoms with Crippen LogP contribution in [0.2, 0.25) is 0 Å². The number of hydrogen-bond donors (Lipinski definition) is 0. The molecule has 0 spiro atoms. The highest BCUT2D eigenvalue weighted by Gasteiger charge is 2.29. The van der Waals surface area contributed by atoms with E-state index in [1.54, 1.807) is 17.7 Å². The van der Waals surface area contributed by atoms with Crippen molar-refractivity contribution in [2.24, 2.45) is 0 Å². The summed E-state index contributed by atoms with van der Waals surface area (Å²) in [6.07, 6.45) is 5.73. The zero-order valence-electron chi connectivity index (χ0n) is 16.4. The molecule has 0 N–H and O–H groups in total. The quantitative estimate of drug-likeness (QED) is 0.616. The number of imidazole rings is 1. The second kappa shape index (κ2) is 7.37. The number of rotatable bonds is 4. The van der Waals surface area contributed by atoms with Gasteiger partial charge in [0.05, 0.1) is 24.0 Å². The monoisotopic (exact) mass is 410 g/mol. The third kappa shape index (κ3) is 3.48. The molecule has 2 aliphatic rings. The van der Waals surface area contributed by atoms with E-state index in [4.69, 9.17) is 9.47 Å². The van der Waals surface area contributed by atoms with Crippen molar-refractivity contribution in [2.75, 3.05) is 19.7 Å². The predicted molar refractivity (Wildman–Crippen MR) is 108 cm³/mol. The van der Waals surface area contributed by atoms with Gasteiger partial charge in [-0.2, -0.15) is 0 Å². The van der Waals surface area contributed by atoms with Gasteiger partial charge in [-0.1, -0.05) is 17.4 Å². The topological polar surface area (TPSA) is 69.5 Å². The van der Waals surface area contributed by atoms with Crippen molar-refractivity contribution in [3.63, 3.8) is 0 Å². The second-order valence-electron chi connectivity index (χ2n) is 7.51. The summed E-state index contributed by atoms with van der Waals surface area (Å²) in [7, 11) is 0. The smallest absolute Gasteiger partial charge is 0.338 e. The molecule has 0 bridgehead atoms. The minimum Gasteiger partial charge on any atom is -0.457 e. The van der Waals surface area contributed by atoms with Crippen LogP contribution in [0.1, 0.15) is 43.7 Å². The van der Waals surface area contributed by atoms with Crippen molar-refractivity contribution >= 4 is 17.3 Å². The van der Waals surface area contributed by atoms with E-state index in [0.29, 0.717) is 18.8 Å². The molecule has 2 aromatic heterocycles. The maximum atomic E-state index is 11.8. The van der Waals surface area contributed by atoms with Gasteiger partial charge in [0.25, 0.3) is 0 Å². The summed E-state index contributed by atoms with van der Waals surface area (Å²) in [5.41, 5.74) is 4.91. The molecular weight excluding hydrogens is 388 g/mol. The van der Waals surface area contributed by atoms with Crippen LogP contribution in [0.25, 0.3) is 5.13 Å². The van der Waals surface area contributed by atoms with Gasteiger partial charge in [0.2, 0.25) is 0 Å². The van der Waals surface area contributed by atoms with E-state index < -0.39 is 0 Å². The number of ether oxygens (including phenoxy) is 2. The number of aryl methyl sites for hydroxylation is 1. The lowest BCUT2D eigenvalue weighted by Crippen LogP contribution is -2.37. The molecule has 2 aliphatic heterocycles. The zero-order valence-corrected chi connectivity index (χ0v) is 17.2. The van der Waals surface area contributed by atoms with Gasteiger partial charge >= 0.3 is 5.97 Å². The molecule has 1 aromatic carbocycles. The Labute approximate surface area is 172 Å². The highest BCUT2D eigenvalue weighted by molar-refractivity contribution is 7.14. The first-order chi connectivity index (χ1) is 14.1. The molecule has 150 valence electrons. The molecule has 7 nitrogen and oxygen atoms in total. The van der Waals surface area contributed by atoms with Crippen LogP contribution in [0.3, 0.4) is 0 Å². The molecule has 4 heterocycles. The maximum Gasteiger partial charge on any atom is 0.338 e. The molecular formula is C21H22N4O3S. The minimum absolute atomic E-state index is 0.00607. The van der Waals surface area contributed by atoms with Gasteiger partial charge < -0.3 is 9.47 Å². The van der Waals surface area contributed by atoms with E-state index in [9.17, 15) is 4.79 Å². The molecule has 0 radical (unpaired) electrons. The van der Waals surface area contributed by atoms with Crippen molar-refractivity contribution < 1.29 is 14.3 Å². The third-order valence-electron chi connectivity index (χ3n) is 5.56. The Bertz CT molecular complexity index is 1070. The van der Waals surface area contributed by atoms with Gasteiger partial charge in [-0.25, -0.2) is 14.8 Å². The fourth-order valence-electron chi connectivity index (χ4n) is 3.99. The number of fused-ring (bicyclic) bond motifs is 1. The van der Waals surface area contributed by atoms with E-state index >= 15 is 0 Å². The lowest BCUT2D eigenvalue weighted by molar-refractivity contribution is -0.0329. The first kappa shape index (κ1) is 18.5. The number of thiazole rings is 1. The lowest BCUT2D eigenvalue weighted by atomic mass is 9.94. The largest absolute Gasteiger partial charge is 0.457 e. The highest BCUT2D eigenvalue weighted by atomic mass is 32.1. The number of benzene rings is 1. The average molecular weight is 410 g/mol. The molecule has 5 rings (SSSR count). The summed E-state index contributed by atoms with van der Waals surface area (Å²) in [4.78, 5) is 24.2. The fourth-order valence-corrected chi connectivity index (χ4v) is 4.88. The Kier molecular flexibility index (Phi) is 4.69. The SMILES string of the molecule is Cc1cn(-c2ncc(CN3CCOC(c4ccc5c(c4C)COC5=O)C3)s2)cn1. The number of aromatic nitrogens is 3. The van der Waals surface area contributed by atoms with Crippen molar-refractivity contribution in [2.45, 2.75) is 33.1 Å². The van der Waals surface area contributed by atoms with Crippen molar-refractivity contribution in [1.29, 1.82) is 0 Å². The maximum absolute atomic E-state index is 11.8. The molecule has 0 saturated carbocycles. The third-order valence-corrected chi connectivity index (χ3v) is 6.55. The van der Waals surface area contributed by atoms with Crippen LogP contribution < -0.4 is 0 Å². The minimum atomic E-state index is -0.227. The van der Waals surface area contributed by atoms with Crippen molar-refractivity contribution in [3.8, 4) is 5.13 Å². The predicted octanol–water partition coefficient (Wildman–Crippen LogP) is 3.19. The molecule has 3 aromatic rings. The van der Waals surface area contributed by atoms with E-state index in [-0.39, 0.29) is 12.1 Å². The normalized spacial score (nSPS) is 19.4. The van der Waals surface area contributed by atoms with Gasteiger partial charge in [0.1, 0.15) is 12.9 Å². The molecule has 29 heavy (non-hydrogen) atoms. The van der Waals surface area contributed by atoms with Gasteiger partial charge in [-0.15, -0.1) is 0 Å². The standard InChI is InChI=1S/C21H22N4O3S/c1-13-8-25(12-23-13)21-22-7-15(29-21)9-24-5-6-27-19(10-24)16-3-4-17-18(14(16)2)11-28-20(17)26/h3-4,7-8,12,19H,5-6,9-11H2,1-2H3. The first-order valence-corrected chi connectivity index (χ1v) is 10.5. The number of hydrogen-bond acceptors (Lipinski definition) is 7. The summed E-state index contributed by atoms with van der Waals surface area (Å²) < 4.78 is 13.2. The van der Waals surface area contributed by atoms with E-state index in [1.807, 2.05) is 36.0 Å². The molecule has 0 amide bonds. The molecule has 1 unspecified atom stereocenters. The molecule has 1 fully saturated rings. The van der Waals surface area contributed by atoms with Crippen LogP contribution in [0.5, 0.6) is 0 Å². The Morgan fingerprint density at radius 1 is 1.28 bits per heavy atom. The van der Waals surface area contributed by atoms with Crippen LogP contribution in [0, 0.1) is 13.8 Å². The Hall–Kier alpha value is -2.55. The number of carbonyl (C=O) groups excluding carboxylic acids is 1. The van der Waals surface area contributed by atoms with Crippen LogP contribution in [-0.2, 0) is 22.6 Å².